The van der Waals surface area contributed by atoms with Crippen molar-refractivity contribution in [3.05, 3.63) is 0 Å². The van der Waals surface area contributed by atoms with Crippen molar-refractivity contribution in [1.82, 2.24) is 0 Å². The summed E-state index contributed by atoms with van der Waals surface area (Å²) in [6, 6.07) is 0. The molecule has 0 unspecified atom stereocenters. The van der Waals surface area contributed by atoms with Crippen LogP contribution in [0.15, 0.2) is 0 Å². The van der Waals surface area contributed by atoms with Crippen molar-refractivity contribution in [3.63, 3.8) is 0 Å². The van der Waals surface area contributed by atoms with Gasteiger partial charge in [0.25, 0.3) is 0 Å². The molecular formula is C8H15IO3S. The highest BCUT2D eigenvalue weighted by molar-refractivity contribution is 14.1. The van der Waals surface area contributed by atoms with Gasteiger partial charge in [-0.15, -0.1) is 0 Å². The lowest BCUT2D eigenvalue weighted by Crippen LogP contribution is -2.27. The number of ether oxygens (including phenoxy) is 1. The summed E-state index contributed by atoms with van der Waals surface area (Å²) in [6.07, 6.45) is 0. The van der Waals surface area contributed by atoms with Gasteiger partial charge in [-0.1, -0.05) is 11.8 Å². The Hall–Kier alpha value is 0.670. The third-order valence-corrected chi connectivity index (χ3v) is 3.08. The molecule has 0 heterocycles. The van der Waals surface area contributed by atoms with Crippen molar-refractivity contribution >= 4 is 39.9 Å². The minimum absolute atomic E-state index is 0.155. The Bertz CT molecular complexity index is 161. The zero-order chi connectivity index (χ0) is 10.3. The molecule has 0 saturated carbocycles. The van der Waals surface area contributed by atoms with Crippen molar-refractivity contribution in [2.24, 2.45) is 5.41 Å². The summed E-state index contributed by atoms with van der Waals surface area (Å²) in [6.45, 7) is 4.83. The van der Waals surface area contributed by atoms with Crippen LogP contribution in [0.3, 0.4) is 0 Å². The number of hydrogen-bond acceptors (Lipinski definition) is 4. The molecule has 0 aromatic carbocycles. The average molecular weight is 318 g/mol. The van der Waals surface area contributed by atoms with Gasteiger partial charge in [0.1, 0.15) is 23.0 Å². The van der Waals surface area contributed by atoms with Gasteiger partial charge in [-0.2, -0.15) is 0 Å². The SMILES string of the molecule is COCC(C)(C)C(=O)SCCOI. The summed E-state index contributed by atoms with van der Waals surface area (Å²) in [4.78, 5) is 11.6. The summed E-state index contributed by atoms with van der Waals surface area (Å²) in [5.41, 5.74) is -0.398. The molecule has 0 N–H and O–H groups in total. The number of carbonyl (C=O) groups excluding carboxylic acids is 1. The molecule has 0 rings (SSSR count). The van der Waals surface area contributed by atoms with E-state index in [1.807, 2.05) is 36.9 Å². The second kappa shape index (κ2) is 7.03. The predicted octanol–water partition coefficient (Wildman–Crippen LogP) is 2.29. The lowest BCUT2D eigenvalue weighted by Gasteiger charge is -2.20. The van der Waals surface area contributed by atoms with Crippen molar-refractivity contribution < 1.29 is 12.6 Å². The molecule has 0 aliphatic heterocycles. The van der Waals surface area contributed by atoms with Crippen LogP contribution >= 0.6 is 34.8 Å². The van der Waals surface area contributed by atoms with E-state index < -0.39 is 5.41 Å². The second-order valence-electron chi connectivity index (χ2n) is 3.27. The molecule has 0 aromatic heterocycles. The van der Waals surface area contributed by atoms with Crippen molar-refractivity contribution in [2.75, 3.05) is 26.1 Å². The van der Waals surface area contributed by atoms with E-state index in [4.69, 9.17) is 7.80 Å². The van der Waals surface area contributed by atoms with Gasteiger partial charge in [-0.3, -0.25) is 4.79 Å². The van der Waals surface area contributed by atoms with E-state index in [1.165, 1.54) is 11.8 Å². The fourth-order valence-corrected chi connectivity index (χ4v) is 2.10. The molecule has 0 aliphatic rings. The smallest absolute Gasteiger partial charge is 0.196 e. The van der Waals surface area contributed by atoms with Crippen LogP contribution in [0.2, 0.25) is 0 Å². The molecule has 3 nitrogen and oxygen atoms in total. The van der Waals surface area contributed by atoms with E-state index >= 15 is 0 Å². The fourth-order valence-electron chi connectivity index (χ4n) is 0.781. The molecule has 0 atom stereocenters. The fraction of sp³-hybridized carbons (Fsp3) is 0.875. The largest absolute Gasteiger partial charge is 0.384 e. The Morgan fingerprint density at radius 1 is 1.54 bits per heavy atom. The van der Waals surface area contributed by atoms with Gasteiger partial charge >= 0.3 is 0 Å². The molecule has 0 amide bonds. The van der Waals surface area contributed by atoms with Gasteiger partial charge in [0, 0.05) is 12.9 Å². The lowest BCUT2D eigenvalue weighted by atomic mass is 9.97. The third kappa shape index (κ3) is 5.87. The zero-order valence-corrected chi connectivity index (χ0v) is 11.1. The van der Waals surface area contributed by atoms with Gasteiger partial charge in [0.2, 0.25) is 0 Å². The maximum atomic E-state index is 11.6. The van der Waals surface area contributed by atoms with Gasteiger partial charge in [0.05, 0.1) is 18.6 Å². The maximum absolute atomic E-state index is 11.6. The molecule has 0 aromatic rings. The Kier molecular flexibility index (Phi) is 7.39. The minimum atomic E-state index is -0.398. The predicted molar refractivity (Wildman–Crippen MR) is 63.1 cm³/mol. The molecule has 0 aliphatic carbocycles. The first kappa shape index (κ1) is 13.7. The second-order valence-corrected chi connectivity index (χ2v) is 4.96. The highest BCUT2D eigenvalue weighted by atomic mass is 127. The molecule has 5 heteroatoms. The molecule has 0 bridgehead atoms. The van der Waals surface area contributed by atoms with Crippen LogP contribution in [0.25, 0.3) is 0 Å². The van der Waals surface area contributed by atoms with Crippen LogP contribution in [-0.4, -0.2) is 31.2 Å². The number of halogens is 1. The Labute approximate surface area is 97.6 Å². The summed E-state index contributed by atoms with van der Waals surface area (Å²) < 4.78 is 9.80. The zero-order valence-electron chi connectivity index (χ0n) is 8.13. The highest BCUT2D eigenvalue weighted by Gasteiger charge is 2.27. The number of carbonyl (C=O) groups is 1. The van der Waals surface area contributed by atoms with E-state index in [0.717, 1.165) is 0 Å². The summed E-state index contributed by atoms with van der Waals surface area (Å²) >= 11 is 3.12. The van der Waals surface area contributed by atoms with Crippen molar-refractivity contribution in [3.8, 4) is 0 Å². The van der Waals surface area contributed by atoms with Crippen LogP contribution in [0.4, 0.5) is 0 Å². The van der Waals surface area contributed by atoms with Crippen LogP contribution in [0, 0.1) is 5.41 Å². The Morgan fingerprint density at radius 3 is 2.62 bits per heavy atom. The Morgan fingerprint density at radius 2 is 2.15 bits per heavy atom. The summed E-state index contributed by atoms with van der Waals surface area (Å²) in [5, 5.41) is 0.155. The van der Waals surface area contributed by atoms with E-state index in [-0.39, 0.29) is 5.12 Å². The van der Waals surface area contributed by atoms with Crippen LogP contribution in [0.1, 0.15) is 13.8 Å². The van der Waals surface area contributed by atoms with Gasteiger partial charge in [-0.25, -0.2) is 0 Å². The maximum Gasteiger partial charge on any atom is 0.196 e. The molecular weight excluding hydrogens is 303 g/mol. The third-order valence-electron chi connectivity index (χ3n) is 1.45. The number of rotatable bonds is 6. The topological polar surface area (TPSA) is 35.5 Å². The van der Waals surface area contributed by atoms with E-state index in [2.05, 4.69) is 0 Å². The average Bonchev–Trinajstić information content (AvgIpc) is 2.04. The quantitative estimate of drug-likeness (QED) is 0.556. The molecule has 0 fully saturated rings. The van der Waals surface area contributed by atoms with Crippen LogP contribution in [0.5, 0.6) is 0 Å². The molecule has 13 heavy (non-hydrogen) atoms. The van der Waals surface area contributed by atoms with Crippen molar-refractivity contribution in [2.45, 2.75) is 13.8 Å². The monoisotopic (exact) mass is 318 g/mol. The number of thioether (sulfide) groups is 1. The molecule has 0 spiro atoms. The first-order valence-electron chi connectivity index (χ1n) is 3.94. The Balaban J connectivity index is 3.80. The molecule has 78 valence electrons. The first-order chi connectivity index (χ1) is 6.04. The summed E-state index contributed by atoms with van der Waals surface area (Å²) in [5.74, 6) is 0.703. The van der Waals surface area contributed by atoms with E-state index in [1.54, 1.807) is 7.11 Å². The number of hydrogen-bond donors (Lipinski definition) is 0. The summed E-state index contributed by atoms with van der Waals surface area (Å²) in [7, 11) is 1.60. The number of methoxy groups -OCH3 is 1. The lowest BCUT2D eigenvalue weighted by molar-refractivity contribution is -0.120. The first-order valence-corrected chi connectivity index (χ1v) is 5.81. The van der Waals surface area contributed by atoms with Crippen molar-refractivity contribution in [1.29, 1.82) is 0 Å². The van der Waals surface area contributed by atoms with E-state index in [0.29, 0.717) is 19.0 Å². The standard InChI is InChI=1S/C8H15IO3S/c1-8(2,6-11-3)7(10)13-5-4-12-9/h4-6H2,1-3H3. The van der Waals surface area contributed by atoms with Crippen LogP contribution in [-0.2, 0) is 12.6 Å². The molecule has 0 saturated heterocycles. The normalized spacial score (nSPS) is 11.7. The highest BCUT2D eigenvalue weighted by Crippen LogP contribution is 2.24. The van der Waals surface area contributed by atoms with Crippen LogP contribution < -0.4 is 0 Å². The minimum Gasteiger partial charge on any atom is -0.384 e. The van der Waals surface area contributed by atoms with Gasteiger partial charge in [0.15, 0.2) is 5.12 Å². The van der Waals surface area contributed by atoms with E-state index in [9.17, 15) is 4.79 Å². The molecule has 0 radical (unpaired) electrons. The van der Waals surface area contributed by atoms with Gasteiger partial charge < -0.3 is 7.80 Å². The van der Waals surface area contributed by atoms with Gasteiger partial charge in [-0.05, 0) is 13.8 Å².